The molecule has 0 atom stereocenters. The van der Waals surface area contributed by atoms with Gasteiger partial charge in [-0.15, -0.1) is 11.3 Å². The SMILES string of the molecule is CN(Cc1ccccc1)S(=O)(=O)c1ccc(Br)s1. The van der Waals surface area contributed by atoms with E-state index in [0.29, 0.717) is 10.8 Å². The van der Waals surface area contributed by atoms with Crippen LogP contribution >= 0.6 is 27.3 Å². The number of hydrogen-bond acceptors (Lipinski definition) is 3. The van der Waals surface area contributed by atoms with Crippen LogP contribution in [0.2, 0.25) is 0 Å². The molecule has 0 N–H and O–H groups in total. The molecule has 0 aliphatic rings. The lowest BCUT2D eigenvalue weighted by molar-refractivity contribution is 0.468. The topological polar surface area (TPSA) is 37.4 Å². The van der Waals surface area contributed by atoms with Crippen molar-refractivity contribution in [2.45, 2.75) is 10.8 Å². The molecule has 18 heavy (non-hydrogen) atoms. The molecule has 0 fully saturated rings. The van der Waals surface area contributed by atoms with Crippen LogP contribution in [0.4, 0.5) is 0 Å². The van der Waals surface area contributed by atoms with E-state index >= 15 is 0 Å². The van der Waals surface area contributed by atoms with Crippen molar-refractivity contribution in [2.24, 2.45) is 0 Å². The van der Waals surface area contributed by atoms with Gasteiger partial charge in [0.05, 0.1) is 3.79 Å². The van der Waals surface area contributed by atoms with Gasteiger partial charge in [-0.1, -0.05) is 30.3 Å². The Morgan fingerprint density at radius 3 is 2.39 bits per heavy atom. The average molecular weight is 346 g/mol. The van der Waals surface area contributed by atoms with E-state index in [1.807, 2.05) is 30.3 Å². The van der Waals surface area contributed by atoms with Crippen molar-refractivity contribution < 1.29 is 8.42 Å². The lowest BCUT2D eigenvalue weighted by Gasteiger charge is -2.15. The van der Waals surface area contributed by atoms with Crippen molar-refractivity contribution in [1.82, 2.24) is 4.31 Å². The number of thiophene rings is 1. The van der Waals surface area contributed by atoms with Crippen molar-refractivity contribution in [3.8, 4) is 0 Å². The summed E-state index contributed by atoms with van der Waals surface area (Å²) in [5.74, 6) is 0. The molecule has 6 heteroatoms. The lowest BCUT2D eigenvalue weighted by Crippen LogP contribution is -2.25. The highest BCUT2D eigenvalue weighted by atomic mass is 79.9. The zero-order valence-corrected chi connectivity index (χ0v) is 12.9. The van der Waals surface area contributed by atoms with Crippen molar-refractivity contribution in [2.75, 3.05) is 7.05 Å². The molecule has 0 saturated heterocycles. The Morgan fingerprint density at radius 1 is 1.17 bits per heavy atom. The zero-order chi connectivity index (χ0) is 13.2. The summed E-state index contributed by atoms with van der Waals surface area (Å²) in [6.07, 6.45) is 0. The molecule has 1 aromatic carbocycles. The van der Waals surface area contributed by atoms with E-state index in [1.54, 1.807) is 19.2 Å². The van der Waals surface area contributed by atoms with Gasteiger partial charge in [-0.3, -0.25) is 0 Å². The summed E-state index contributed by atoms with van der Waals surface area (Å²) in [4.78, 5) is 0. The van der Waals surface area contributed by atoms with Crippen molar-refractivity contribution in [3.63, 3.8) is 0 Å². The highest BCUT2D eigenvalue weighted by Gasteiger charge is 2.22. The molecule has 0 unspecified atom stereocenters. The van der Waals surface area contributed by atoms with Gasteiger partial charge >= 0.3 is 0 Å². The number of benzene rings is 1. The van der Waals surface area contributed by atoms with E-state index in [-0.39, 0.29) is 0 Å². The van der Waals surface area contributed by atoms with E-state index in [4.69, 9.17) is 0 Å². The predicted octanol–water partition coefficient (Wildman–Crippen LogP) is 3.33. The van der Waals surface area contributed by atoms with Gasteiger partial charge in [-0.2, -0.15) is 4.31 Å². The summed E-state index contributed by atoms with van der Waals surface area (Å²) >= 11 is 4.50. The third kappa shape index (κ3) is 3.00. The average Bonchev–Trinajstić information content (AvgIpc) is 2.78. The number of nitrogens with zero attached hydrogens (tertiary/aromatic N) is 1. The zero-order valence-electron chi connectivity index (χ0n) is 9.71. The Kier molecular flexibility index (Phi) is 4.21. The molecule has 0 aliphatic carbocycles. The van der Waals surface area contributed by atoms with E-state index in [0.717, 1.165) is 9.35 Å². The highest BCUT2D eigenvalue weighted by molar-refractivity contribution is 9.11. The Balaban J connectivity index is 2.21. The molecule has 0 radical (unpaired) electrons. The minimum Gasteiger partial charge on any atom is -0.206 e. The molecule has 3 nitrogen and oxygen atoms in total. The minimum atomic E-state index is -3.39. The fourth-order valence-corrected chi connectivity index (χ4v) is 4.90. The first-order chi connectivity index (χ1) is 8.50. The fourth-order valence-electron chi connectivity index (χ4n) is 1.52. The molecule has 2 rings (SSSR count). The Labute approximate surface area is 119 Å². The number of halogens is 1. The smallest absolute Gasteiger partial charge is 0.206 e. The second-order valence-electron chi connectivity index (χ2n) is 3.81. The summed E-state index contributed by atoms with van der Waals surface area (Å²) in [5, 5.41) is 0. The van der Waals surface area contributed by atoms with Gasteiger partial charge in [-0.25, -0.2) is 8.42 Å². The van der Waals surface area contributed by atoms with Crippen LogP contribution < -0.4 is 0 Å². The van der Waals surface area contributed by atoms with Gasteiger partial charge in [0.25, 0.3) is 10.0 Å². The Morgan fingerprint density at radius 2 is 1.83 bits per heavy atom. The van der Waals surface area contributed by atoms with Gasteiger partial charge in [0.15, 0.2) is 0 Å². The number of hydrogen-bond donors (Lipinski definition) is 0. The molecule has 0 amide bonds. The fraction of sp³-hybridized carbons (Fsp3) is 0.167. The maximum Gasteiger partial charge on any atom is 0.252 e. The van der Waals surface area contributed by atoms with Crippen molar-refractivity contribution in [1.29, 1.82) is 0 Å². The highest BCUT2D eigenvalue weighted by Crippen LogP contribution is 2.28. The van der Waals surface area contributed by atoms with E-state index in [9.17, 15) is 8.42 Å². The van der Waals surface area contributed by atoms with Gasteiger partial charge in [0.2, 0.25) is 0 Å². The normalized spacial score (nSPS) is 11.9. The summed E-state index contributed by atoms with van der Waals surface area (Å²) < 4.78 is 27.1. The first-order valence-corrected chi connectivity index (χ1v) is 8.31. The second kappa shape index (κ2) is 5.52. The molecule has 0 saturated carbocycles. The molecule has 0 spiro atoms. The van der Waals surface area contributed by atoms with Gasteiger partial charge in [0, 0.05) is 13.6 Å². The van der Waals surface area contributed by atoms with E-state index < -0.39 is 10.0 Å². The molecular formula is C12H12BrNO2S2. The van der Waals surface area contributed by atoms with Crippen LogP contribution in [-0.2, 0) is 16.6 Å². The Hall–Kier alpha value is -0.690. The molecule has 2 aromatic rings. The molecule has 96 valence electrons. The maximum absolute atomic E-state index is 12.3. The number of rotatable bonds is 4. The summed E-state index contributed by atoms with van der Waals surface area (Å²) in [7, 11) is -1.80. The monoisotopic (exact) mass is 345 g/mol. The number of sulfonamides is 1. The molecule has 0 bridgehead atoms. The van der Waals surface area contributed by atoms with E-state index in [2.05, 4.69) is 15.9 Å². The van der Waals surface area contributed by atoms with Crippen LogP contribution in [0.5, 0.6) is 0 Å². The molecular weight excluding hydrogens is 334 g/mol. The van der Waals surface area contributed by atoms with Crippen LogP contribution in [-0.4, -0.2) is 19.8 Å². The summed E-state index contributed by atoms with van der Waals surface area (Å²) in [6, 6.07) is 12.9. The van der Waals surface area contributed by atoms with Gasteiger partial charge < -0.3 is 0 Å². The van der Waals surface area contributed by atoms with Crippen LogP contribution in [0.1, 0.15) is 5.56 Å². The summed E-state index contributed by atoms with van der Waals surface area (Å²) in [5.41, 5.74) is 0.971. The Bertz CT molecular complexity index is 623. The van der Waals surface area contributed by atoms with Crippen LogP contribution in [0.25, 0.3) is 0 Å². The van der Waals surface area contributed by atoms with Crippen molar-refractivity contribution >= 4 is 37.3 Å². The van der Waals surface area contributed by atoms with Crippen LogP contribution in [0.3, 0.4) is 0 Å². The van der Waals surface area contributed by atoms with Gasteiger partial charge in [-0.05, 0) is 33.6 Å². The second-order valence-corrected chi connectivity index (χ2v) is 8.54. The minimum absolute atomic E-state index is 0.354. The summed E-state index contributed by atoms with van der Waals surface area (Å²) in [6.45, 7) is 0.374. The molecule has 1 heterocycles. The third-order valence-corrected chi connectivity index (χ3v) is 6.36. The molecule has 1 aromatic heterocycles. The first kappa shape index (κ1) is 13.7. The standard InChI is InChI=1S/C12H12BrNO2S2/c1-14(9-10-5-3-2-4-6-10)18(15,16)12-8-7-11(13)17-12/h2-8H,9H2,1H3. The predicted molar refractivity (Wildman–Crippen MR) is 77.1 cm³/mol. The van der Waals surface area contributed by atoms with Crippen LogP contribution in [0.15, 0.2) is 50.5 Å². The van der Waals surface area contributed by atoms with Crippen LogP contribution in [0, 0.1) is 0 Å². The third-order valence-electron chi connectivity index (χ3n) is 2.46. The van der Waals surface area contributed by atoms with E-state index in [1.165, 1.54) is 15.6 Å². The quantitative estimate of drug-likeness (QED) is 0.852. The van der Waals surface area contributed by atoms with Gasteiger partial charge in [0.1, 0.15) is 4.21 Å². The largest absolute Gasteiger partial charge is 0.252 e. The molecule has 0 aliphatic heterocycles. The first-order valence-electron chi connectivity index (χ1n) is 5.26. The van der Waals surface area contributed by atoms with Crippen molar-refractivity contribution in [3.05, 3.63) is 51.8 Å². The maximum atomic E-state index is 12.3. The lowest BCUT2D eigenvalue weighted by atomic mass is 10.2.